The van der Waals surface area contributed by atoms with Crippen LogP contribution in [0.4, 0.5) is 0 Å². The van der Waals surface area contributed by atoms with Crippen molar-refractivity contribution in [2.24, 2.45) is 0 Å². The second-order valence-corrected chi connectivity index (χ2v) is 3.93. The number of hydrogen-bond acceptors (Lipinski definition) is 1. The Balaban J connectivity index is -0.000000339. The second kappa shape index (κ2) is 9.71. The van der Waals surface area contributed by atoms with Gasteiger partial charge in [-0.3, -0.25) is 0 Å². The molecule has 88 valence electrons. The highest BCUT2D eigenvalue weighted by molar-refractivity contribution is 5.13. The lowest BCUT2D eigenvalue weighted by atomic mass is 10.2. The van der Waals surface area contributed by atoms with Gasteiger partial charge in [0, 0.05) is 5.56 Å². The Hall–Kier alpha value is -0.830. The van der Waals surface area contributed by atoms with E-state index in [0.717, 1.165) is 11.0 Å². The Bertz CT molecular complexity index is 229. The van der Waals surface area contributed by atoms with Crippen LogP contribution in [0.2, 0.25) is 0 Å². The molecule has 0 aromatic heterocycles. The van der Waals surface area contributed by atoms with E-state index in [1.54, 1.807) is 0 Å². The van der Waals surface area contributed by atoms with Gasteiger partial charge in [0.15, 0.2) is 0 Å². The minimum Gasteiger partial charge on any atom is -1.00 e. The van der Waals surface area contributed by atoms with Crippen LogP contribution in [0.3, 0.4) is 0 Å². The molecule has 0 saturated carbocycles. The molecule has 0 aliphatic heterocycles. The van der Waals surface area contributed by atoms with Gasteiger partial charge in [-0.15, -0.1) is 13.2 Å². The molecule has 0 unspecified atom stereocenters. The summed E-state index contributed by atoms with van der Waals surface area (Å²) in [5.41, 5.74) is 1.40. The van der Waals surface area contributed by atoms with Gasteiger partial charge in [-0.25, -0.2) is 0 Å². The molecule has 3 N–H and O–H groups in total. The van der Waals surface area contributed by atoms with Crippen molar-refractivity contribution in [3.8, 4) is 0 Å². The summed E-state index contributed by atoms with van der Waals surface area (Å²) < 4.78 is 0.990. The molecule has 0 atom stereocenters. The summed E-state index contributed by atoms with van der Waals surface area (Å²) >= 11 is 0. The zero-order valence-corrected chi connectivity index (χ0v) is 10.8. The molecule has 0 amide bonds. The third kappa shape index (κ3) is 11.1. The van der Waals surface area contributed by atoms with E-state index in [1.807, 2.05) is 0 Å². The molecular formula is C12H23ClN2. The average Bonchev–Trinajstić information content (AvgIpc) is 2.07. The van der Waals surface area contributed by atoms with Crippen molar-refractivity contribution in [3.05, 3.63) is 49.1 Å². The molecule has 0 bridgehead atoms. The SMILES string of the molecule is C=C.C[N+](C)(C)Cc1ccccc1.N.[Cl-]. The zero-order chi connectivity index (χ0) is 10.3. The van der Waals surface area contributed by atoms with Gasteiger partial charge in [-0.05, 0) is 0 Å². The van der Waals surface area contributed by atoms with Gasteiger partial charge in [-0.2, -0.15) is 0 Å². The van der Waals surface area contributed by atoms with Gasteiger partial charge in [0.05, 0.1) is 21.1 Å². The van der Waals surface area contributed by atoms with Crippen LogP contribution in [-0.4, -0.2) is 25.6 Å². The second-order valence-electron chi connectivity index (χ2n) is 3.93. The van der Waals surface area contributed by atoms with Crippen LogP contribution in [0.25, 0.3) is 0 Å². The fourth-order valence-corrected chi connectivity index (χ4v) is 1.13. The van der Waals surface area contributed by atoms with Gasteiger partial charge >= 0.3 is 0 Å². The number of hydrogen-bond donors (Lipinski definition) is 1. The third-order valence-electron chi connectivity index (χ3n) is 1.50. The first-order valence-electron chi connectivity index (χ1n) is 4.42. The Morgan fingerprint density at radius 1 is 1.00 bits per heavy atom. The maximum Gasteiger partial charge on any atom is 0.104 e. The van der Waals surface area contributed by atoms with Gasteiger partial charge in [0.2, 0.25) is 0 Å². The molecule has 15 heavy (non-hydrogen) atoms. The molecule has 1 rings (SSSR count). The quantitative estimate of drug-likeness (QED) is 0.557. The Morgan fingerprint density at radius 2 is 1.40 bits per heavy atom. The van der Waals surface area contributed by atoms with Gasteiger partial charge in [0.1, 0.15) is 6.54 Å². The number of halogens is 1. The standard InChI is InChI=1S/C10H16N.C2H4.ClH.H3N/c1-11(2,3)9-10-7-5-4-6-8-10;1-2;;/h4-8H,9H2,1-3H3;1-2H2;1H;1H3/q+1;;;/p-1. The lowest BCUT2D eigenvalue weighted by Gasteiger charge is -2.23. The number of quaternary nitrogens is 1. The van der Waals surface area contributed by atoms with E-state index in [9.17, 15) is 0 Å². The van der Waals surface area contributed by atoms with Crippen molar-refractivity contribution < 1.29 is 16.9 Å². The van der Waals surface area contributed by atoms with Crippen LogP contribution in [-0.2, 0) is 6.54 Å². The normalized spacial score (nSPS) is 8.73. The monoisotopic (exact) mass is 230 g/mol. The predicted molar refractivity (Wildman–Crippen MR) is 64.5 cm³/mol. The van der Waals surface area contributed by atoms with Crippen molar-refractivity contribution in [2.45, 2.75) is 6.54 Å². The summed E-state index contributed by atoms with van der Waals surface area (Å²) in [6, 6.07) is 10.6. The highest BCUT2D eigenvalue weighted by Crippen LogP contribution is 2.04. The van der Waals surface area contributed by atoms with Crippen LogP contribution in [0, 0.1) is 0 Å². The first kappa shape index (κ1) is 19.7. The van der Waals surface area contributed by atoms with Crippen molar-refractivity contribution in [3.63, 3.8) is 0 Å². The molecule has 0 heterocycles. The van der Waals surface area contributed by atoms with Crippen molar-refractivity contribution in [1.29, 1.82) is 0 Å². The highest BCUT2D eigenvalue weighted by Gasteiger charge is 2.06. The van der Waals surface area contributed by atoms with Gasteiger partial charge in [-0.1, -0.05) is 30.3 Å². The lowest BCUT2D eigenvalue weighted by Crippen LogP contribution is -3.00. The van der Waals surface area contributed by atoms with E-state index in [0.29, 0.717) is 0 Å². The molecule has 3 heteroatoms. The van der Waals surface area contributed by atoms with Crippen molar-refractivity contribution >= 4 is 0 Å². The number of nitrogens with zero attached hydrogens (tertiary/aromatic N) is 1. The third-order valence-corrected chi connectivity index (χ3v) is 1.50. The zero-order valence-electron chi connectivity index (χ0n) is 10.0. The van der Waals surface area contributed by atoms with E-state index < -0.39 is 0 Å². The first-order chi connectivity index (χ1) is 6.08. The fraction of sp³-hybridized carbons (Fsp3) is 0.333. The van der Waals surface area contributed by atoms with E-state index in [1.165, 1.54) is 5.56 Å². The molecule has 0 aliphatic carbocycles. The first-order valence-corrected chi connectivity index (χ1v) is 4.42. The molecule has 0 saturated heterocycles. The number of benzene rings is 1. The van der Waals surface area contributed by atoms with E-state index >= 15 is 0 Å². The molecule has 2 nitrogen and oxygen atoms in total. The van der Waals surface area contributed by atoms with E-state index in [2.05, 4.69) is 64.6 Å². The molecule has 0 spiro atoms. The van der Waals surface area contributed by atoms with Gasteiger partial charge in [0.25, 0.3) is 0 Å². The molecule has 1 aromatic rings. The summed E-state index contributed by atoms with van der Waals surface area (Å²) in [5.74, 6) is 0. The smallest absolute Gasteiger partial charge is 0.104 e. The van der Waals surface area contributed by atoms with Crippen molar-refractivity contribution in [1.82, 2.24) is 6.15 Å². The van der Waals surface area contributed by atoms with Crippen LogP contribution >= 0.6 is 0 Å². The molecule has 1 aromatic carbocycles. The minimum absolute atomic E-state index is 0. The molecule has 0 radical (unpaired) electrons. The predicted octanol–water partition coefficient (Wildman–Crippen LogP) is -0.139. The summed E-state index contributed by atoms with van der Waals surface area (Å²) in [7, 11) is 6.60. The Labute approximate surface area is 100 Å². The van der Waals surface area contributed by atoms with Crippen LogP contribution in [0.1, 0.15) is 5.56 Å². The molecule has 0 aliphatic rings. The molecule has 0 fully saturated rings. The Kier molecular flexibility index (Phi) is 12.8. The minimum atomic E-state index is 0. The highest BCUT2D eigenvalue weighted by atomic mass is 35.5. The van der Waals surface area contributed by atoms with E-state index in [-0.39, 0.29) is 18.6 Å². The largest absolute Gasteiger partial charge is 1.00 e. The Morgan fingerprint density at radius 3 is 1.73 bits per heavy atom. The summed E-state index contributed by atoms with van der Waals surface area (Å²) in [4.78, 5) is 0. The van der Waals surface area contributed by atoms with Crippen LogP contribution < -0.4 is 18.6 Å². The summed E-state index contributed by atoms with van der Waals surface area (Å²) in [6.45, 7) is 7.10. The maximum atomic E-state index is 3.00. The summed E-state index contributed by atoms with van der Waals surface area (Å²) in [6.07, 6.45) is 0. The average molecular weight is 231 g/mol. The maximum absolute atomic E-state index is 3.00. The van der Waals surface area contributed by atoms with E-state index in [4.69, 9.17) is 0 Å². The lowest BCUT2D eigenvalue weighted by molar-refractivity contribution is -0.884. The summed E-state index contributed by atoms with van der Waals surface area (Å²) in [5, 5.41) is 0. The van der Waals surface area contributed by atoms with Crippen LogP contribution in [0.5, 0.6) is 0 Å². The van der Waals surface area contributed by atoms with Gasteiger partial charge < -0.3 is 23.0 Å². The van der Waals surface area contributed by atoms with Crippen LogP contribution in [0.15, 0.2) is 43.5 Å². The molecular weight excluding hydrogens is 208 g/mol. The van der Waals surface area contributed by atoms with Crippen molar-refractivity contribution in [2.75, 3.05) is 21.1 Å². The topological polar surface area (TPSA) is 35.0 Å². The fourth-order valence-electron chi connectivity index (χ4n) is 1.13. The number of rotatable bonds is 2.